The highest BCUT2D eigenvalue weighted by Gasteiger charge is 2.19. The number of carbonyl (C=O) groups excluding carboxylic acids is 1. The van der Waals surface area contributed by atoms with E-state index in [9.17, 15) is 13.6 Å². The summed E-state index contributed by atoms with van der Waals surface area (Å²) < 4.78 is 32.3. The summed E-state index contributed by atoms with van der Waals surface area (Å²) in [5.41, 5.74) is 2.05. The van der Waals surface area contributed by atoms with Gasteiger partial charge in [-0.25, -0.2) is 8.78 Å². The molecule has 3 rings (SSSR count). The normalized spacial score (nSPS) is 13.4. The van der Waals surface area contributed by atoms with Crippen molar-refractivity contribution in [2.75, 3.05) is 6.54 Å². The van der Waals surface area contributed by atoms with Crippen molar-refractivity contribution in [3.05, 3.63) is 71.8 Å². The third-order valence-corrected chi connectivity index (χ3v) is 3.80. The summed E-state index contributed by atoms with van der Waals surface area (Å²) in [6.07, 6.45) is 2.02. The highest BCUT2D eigenvalue weighted by molar-refractivity contribution is 5.87. The van der Waals surface area contributed by atoms with Gasteiger partial charge >= 0.3 is 0 Å². The van der Waals surface area contributed by atoms with Crippen molar-refractivity contribution in [1.82, 2.24) is 4.90 Å². The third-order valence-electron chi connectivity index (χ3n) is 3.80. The maximum absolute atomic E-state index is 13.7. The number of hydrogen-bond donors (Lipinski definition) is 0. The predicted octanol–water partition coefficient (Wildman–Crippen LogP) is 3.83. The molecule has 0 fully saturated rings. The average molecular weight is 315 g/mol. The van der Waals surface area contributed by atoms with Gasteiger partial charge in [0.05, 0.1) is 0 Å². The molecule has 0 spiro atoms. The molecule has 1 amide bonds. The molecular weight excluding hydrogens is 300 g/mol. The van der Waals surface area contributed by atoms with Crippen LogP contribution in [-0.2, 0) is 17.8 Å². The van der Waals surface area contributed by atoms with Crippen molar-refractivity contribution in [2.24, 2.45) is 0 Å². The van der Waals surface area contributed by atoms with E-state index in [0.29, 0.717) is 18.8 Å². The molecule has 2 aromatic rings. The molecular formula is C18H15F2NO2. The largest absolute Gasteiger partial charge is 0.454 e. The first-order valence-electron chi connectivity index (χ1n) is 7.23. The summed E-state index contributed by atoms with van der Waals surface area (Å²) in [5.74, 6) is -1.09. The van der Waals surface area contributed by atoms with Crippen LogP contribution in [-0.4, -0.2) is 17.4 Å². The molecule has 0 aromatic heterocycles. The van der Waals surface area contributed by atoms with Gasteiger partial charge in [-0.1, -0.05) is 12.6 Å². The minimum Gasteiger partial charge on any atom is -0.454 e. The van der Waals surface area contributed by atoms with Crippen molar-refractivity contribution >= 4 is 5.91 Å². The van der Waals surface area contributed by atoms with Gasteiger partial charge in [-0.15, -0.1) is 0 Å². The number of nitrogens with zero attached hydrogens (tertiary/aromatic N) is 1. The number of benzene rings is 2. The van der Waals surface area contributed by atoms with E-state index in [1.165, 1.54) is 6.08 Å². The second-order valence-electron chi connectivity index (χ2n) is 5.32. The van der Waals surface area contributed by atoms with E-state index in [2.05, 4.69) is 6.58 Å². The van der Waals surface area contributed by atoms with Crippen molar-refractivity contribution in [3.8, 4) is 11.5 Å². The van der Waals surface area contributed by atoms with E-state index in [0.717, 1.165) is 35.7 Å². The Kier molecular flexibility index (Phi) is 4.10. The SMILES string of the molecule is C=CC(=O)N1CCc2ccc(Oc3cc(F)ccc3F)cc2C1. The van der Waals surface area contributed by atoms with Crippen LogP contribution >= 0.6 is 0 Å². The van der Waals surface area contributed by atoms with Gasteiger partial charge in [0.2, 0.25) is 5.91 Å². The van der Waals surface area contributed by atoms with E-state index in [1.54, 1.807) is 17.0 Å². The van der Waals surface area contributed by atoms with E-state index in [4.69, 9.17) is 4.74 Å². The minimum atomic E-state index is -0.632. The lowest BCUT2D eigenvalue weighted by molar-refractivity contribution is -0.126. The average Bonchev–Trinajstić information content (AvgIpc) is 2.56. The van der Waals surface area contributed by atoms with Crippen molar-refractivity contribution in [3.63, 3.8) is 0 Å². The fourth-order valence-corrected chi connectivity index (χ4v) is 2.60. The molecule has 3 nitrogen and oxygen atoms in total. The second-order valence-corrected chi connectivity index (χ2v) is 5.32. The summed E-state index contributed by atoms with van der Waals surface area (Å²) in [7, 11) is 0. The molecule has 0 saturated heterocycles. The summed E-state index contributed by atoms with van der Waals surface area (Å²) >= 11 is 0. The maximum atomic E-state index is 13.7. The number of hydrogen-bond acceptors (Lipinski definition) is 2. The summed E-state index contributed by atoms with van der Waals surface area (Å²) in [6, 6.07) is 8.41. The third kappa shape index (κ3) is 3.23. The van der Waals surface area contributed by atoms with Gasteiger partial charge in [-0.2, -0.15) is 0 Å². The molecule has 1 heterocycles. The molecule has 0 radical (unpaired) electrons. The number of carbonyl (C=O) groups is 1. The molecule has 1 aliphatic rings. The number of ether oxygens (including phenoxy) is 1. The van der Waals surface area contributed by atoms with Crippen LogP contribution in [0.1, 0.15) is 11.1 Å². The van der Waals surface area contributed by atoms with Crippen LogP contribution in [0.5, 0.6) is 11.5 Å². The molecule has 0 bridgehead atoms. The van der Waals surface area contributed by atoms with Crippen LogP contribution in [0.3, 0.4) is 0 Å². The lowest BCUT2D eigenvalue weighted by Crippen LogP contribution is -2.34. The topological polar surface area (TPSA) is 29.5 Å². The van der Waals surface area contributed by atoms with Crippen LogP contribution in [0.4, 0.5) is 8.78 Å². The Bertz CT molecular complexity index is 774. The molecule has 118 valence electrons. The molecule has 23 heavy (non-hydrogen) atoms. The van der Waals surface area contributed by atoms with E-state index >= 15 is 0 Å². The Labute approximate surface area is 132 Å². The Morgan fingerprint density at radius 1 is 1.17 bits per heavy atom. The van der Waals surface area contributed by atoms with Crippen LogP contribution in [0.2, 0.25) is 0 Å². The number of amides is 1. The summed E-state index contributed by atoms with van der Waals surface area (Å²) in [5, 5.41) is 0. The first kappa shape index (κ1) is 15.2. The van der Waals surface area contributed by atoms with Gasteiger partial charge < -0.3 is 9.64 Å². The van der Waals surface area contributed by atoms with Crippen molar-refractivity contribution in [2.45, 2.75) is 13.0 Å². The maximum Gasteiger partial charge on any atom is 0.246 e. The monoisotopic (exact) mass is 315 g/mol. The quantitative estimate of drug-likeness (QED) is 0.806. The lowest BCUT2D eigenvalue weighted by atomic mass is 9.99. The zero-order valence-corrected chi connectivity index (χ0v) is 12.4. The molecule has 0 N–H and O–H groups in total. The van der Waals surface area contributed by atoms with Crippen molar-refractivity contribution < 1.29 is 18.3 Å². The number of fused-ring (bicyclic) bond motifs is 1. The molecule has 0 saturated carbocycles. The number of halogens is 2. The Morgan fingerprint density at radius 3 is 2.78 bits per heavy atom. The predicted molar refractivity (Wildman–Crippen MR) is 82.2 cm³/mol. The van der Waals surface area contributed by atoms with Gasteiger partial charge in [0.1, 0.15) is 11.6 Å². The summed E-state index contributed by atoms with van der Waals surface area (Å²) in [4.78, 5) is 13.4. The molecule has 0 aliphatic carbocycles. The molecule has 2 aromatic carbocycles. The molecule has 0 unspecified atom stereocenters. The van der Waals surface area contributed by atoms with Crippen molar-refractivity contribution in [1.29, 1.82) is 0 Å². The molecule has 1 aliphatic heterocycles. The fraction of sp³-hybridized carbons (Fsp3) is 0.167. The van der Waals surface area contributed by atoms with Gasteiger partial charge in [0.25, 0.3) is 0 Å². The zero-order valence-electron chi connectivity index (χ0n) is 12.4. The van der Waals surface area contributed by atoms with Gasteiger partial charge in [0.15, 0.2) is 11.6 Å². The van der Waals surface area contributed by atoms with E-state index < -0.39 is 11.6 Å². The smallest absolute Gasteiger partial charge is 0.246 e. The standard InChI is InChI=1S/C18H15F2NO2/c1-2-18(22)21-8-7-12-3-5-15(9-13(12)11-21)23-17-10-14(19)4-6-16(17)20/h2-6,9-10H,1,7-8,11H2. The Morgan fingerprint density at radius 2 is 2.00 bits per heavy atom. The highest BCUT2D eigenvalue weighted by atomic mass is 19.1. The second kappa shape index (κ2) is 6.20. The highest BCUT2D eigenvalue weighted by Crippen LogP contribution is 2.29. The van der Waals surface area contributed by atoms with Gasteiger partial charge in [-0.3, -0.25) is 4.79 Å². The van der Waals surface area contributed by atoms with Crippen LogP contribution in [0.25, 0.3) is 0 Å². The Balaban J connectivity index is 1.84. The first-order valence-corrected chi connectivity index (χ1v) is 7.23. The lowest BCUT2D eigenvalue weighted by Gasteiger charge is -2.28. The Hall–Kier alpha value is -2.69. The number of rotatable bonds is 3. The molecule has 5 heteroatoms. The van der Waals surface area contributed by atoms with Crippen LogP contribution < -0.4 is 4.74 Å². The fourth-order valence-electron chi connectivity index (χ4n) is 2.60. The minimum absolute atomic E-state index is 0.127. The summed E-state index contributed by atoms with van der Waals surface area (Å²) in [6.45, 7) is 4.57. The van der Waals surface area contributed by atoms with Gasteiger partial charge in [-0.05, 0) is 47.9 Å². The van der Waals surface area contributed by atoms with E-state index in [-0.39, 0.29) is 11.7 Å². The first-order chi connectivity index (χ1) is 11.1. The zero-order chi connectivity index (χ0) is 16.4. The molecule has 0 atom stereocenters. The van der Waals surface area contributed by atoms with Crippen LogP contribution in [0, 0.1) is 11.6 Å². The van der Waals surface area contributed by atoms with E-state index in [1.807, 2.05) is 6.07 Å². The van der Waals surface area contributed by atoms with Gasteiger partial charge in [0, 0.05) is 19.2 Å². The van der Waals surface area contributed by atoms with Crippen LogP contribution in [0.15, 0.2) is 49.1 Å².